The Balaban J connectivity index is 3.12. The molecule has 0 spiro atoms. The molecule has 0 atom stereocenters. The number of nitrogens with zero attached hydrogens (tertiary/aromatic N) is 1. The van der Waals surface area contributed by atoms with Gasteiger partial charge in [-0.3, -0.25) is 4.79 Å². The minimum Gasteiger partial charge on any atom is -0.481 e. The van der Waals surface area contributed by atoms with E-state index < -0.39 is 0 Å². The lowest BCUT2D eigenvalue weighted by Gasteiger charge is -2.01. The van der Waals surface area contributed by atoms with Crippen LogP contribution in [0.25, 0.3) is 0 Å². The maximum Gasteiger partial charge on any atom is 0.214 e. The molecule has 1 rings (SSSR count). The van der Waals surface area contributed by atoms with Gasteiger partial charge < -0.3 is 4.74 Å². The summed E-state index contributed by atoms with van der Waals surface area (Å²) >= 11 is 5.76. The molecule has 0 bridgehead atoms. The van der Waals surface area contributed by atoms with Gasteiger partial charge >= 0.3 is 0 Å². The molecule has 0 fully saturated rings. The van der Waals surface area contributed by atoms with Gasteiger partial charge in [-0.1, -0.05) is 11.6 Å². The molecule has 0 aliphatic rings. The number of hydrogen-bond acceptors (Lipinski definition) is 3. The van der Waals surface area contributed by atoms with E-state index in [1.54, 1.807) is 0 Å². The molecule has 0 aliphatic carbocycles. The van der Waals surface area contributed by atoms with Gasteiger partial charge in [-0.15, -0.1) is 0 Å². The van der Waals surface area contributed by atoms with Gasteiger partial charge in [0.2, 0.25) is 5.88 Å². The van der Waals surface area contributed by atoms with E-state index >= 15 is 0 Å². The molecule has 0 amide bonds. The van der Waals surface area contributed by atoms with Gasteiger partial charge in [0.15, 0.2) is 5.78 Å². The van der Waals surface area contributed by atoms with Gasteiger partial charge in [-0.2, -0.15) is 0 Å². The summed E-state index contributed by atoms with van der Waals surface area (Å²) in [5.74, 6) is 0.306. The van der Waals surface area contributed by atoms with Crippen molar-refractivity contribution in [2.45, 2.75) is 6.92 Å². The molecule has 0 radical (unpaired) electrons. The zero-order chi connectivity index (χ0) is 9.14. The number of halogens is 1. The van der Waals surface area contributed by atoms with Gasteiger partial charge in [0.05, 0.1) is 17.7 Å². The average Bonchev–Trinajstić information content (AvgIpc) is 2.03. The Labute approximate surface area is 75.3 Å². The van der Waals surface area contributed by atoms with Crippen LogP contribution in [0.1, 0.15) is 17.3 Å². The largest absolute Gasteiger partial charge is 0.481 e. The highest BCUT2D eigenvalue weighted by atomic mass is 35.5. The van der Waals surface area contributed by atoms with Crippen molar-refractivity contribution in [1.82, 2.24) is 4.98 Å². The first-order chi connectivity index (χ1) is 5.65. The van der Waals surface area contributed by atoms with E-state index in [-0.39, 0.29) is 5.78 Å². The Bertz CT molecular complexity index is 312. The molecule has 4 heteroatoms. The Morgan fingerprint density at radius 2 is 2.33 bits per heavy atom. The van der Waals surface area contributed by atoms with Crippen LogP contribution in [0.5, 0.6) is 5.88 Å². The zero-order valence-corrected chi connectivity index (χ0v) is 7.55. The number of rotatable bonds is 2. The summed E-state index contributed by atoms with van der Waals surface area (Å²) in [4.78, 5) is 14.8. The van der Waals surface area contributed by atoms with E-state index in [0.29, 0.717) is 16.5 Å². The van der Waals surface area contributed by atoms with E-state index in [0.717, 1.165) is 0 Å². The number of methoxy groups -OCH3 is 1. The van der Waals surface area contributed by atoms with Crippen LogP contribution in [0.2, 0.25) is 5.02 Å². The number of ketones is 1. The first-order valence-electron chi connectivity index (χ1n) is 3.35. The van der Waals surface area contributed by atoms with Crippen molar-refractivity contribution in [3.8, 4) is 5.88 Å². The number of hydrogen-bond donors (Lipinski definition) is 0. The highest BCUT2D eigenvalue weighted by Gasteiger charge is 2.06. The zero-order valence-electron chi connectivity index (χ0n) is 6.80. The first-order valence-corrected chi connectivity index (χ1v) is 3.73. The fourth-order valence-corrected chi connectivity index (χ4v) is 1.06. The molecule has 0 unspecified atom stereocenters. The molecule has 1 heterocycles. The van der Waals surface area contributed by atoms with Crippen molar-refractivity contribution in [2.75, 3.05) is 7.11 Å². The molecule has 1 aromatic heterocycles. The van der Waals surface area contributed by atoms with Crippen LogP contribution in [0.3, 0.4) is 0 Å². The Morgan fingerprint density at radius 1 is 1.67 bits per heavy atom. The van der Waals surface area contributed by atoms with Crippen LogP contribution in [-0.4, -0.2) is 17.9 Å². The number of carbonyl (C=O) groups is 1. The Kier molecular flexibility index (Phi) is 2.65. The Morgan fingerprint density at radius 3 is 2.75 bits per heavy atom. The molecule has 64 valence electrons. The smallest absolute Gasteiger partial charge is 0.214 e. The number of ether oxygens (including phenoxy) is 1. The van der Waals surface area contributed by atoms with Crippen LogP contribution in [0.4, 0.5) is 0 Å². The lowest BCUT2D eigenvalue weighted by Crippen LogP contribution is -1.96. The molecular weight excluding hydrogens is 178 g/mol. The van der Waals surface area contributed by atoms with Crippen LogP contribution < -0.4 is 4.74 Å². The number of carbonyl (C=O) groups excluding carboxylic acids is 1. The van der Waals surface area contributed by atoms with Crippen LogP contribution in [-0.2, 0) is 0 Å². The van der Waals surface area contributed by atoms with Crippen molar-refractivity contribution < 1.29 is 9.53 Å². The Hall–Kier alpha value is -1.09. The van der Waals surface area contributed by atoms with Crippen molar-refractivity contribution in [1.29, 1.82) is 0 Å². The van der Waals surface area contributed by atoms with Gasteiger partial charge in [-0.05, 0) is 6.92 Å². The van der Waals surface area contributed by atoms with E-state index in [4.69, 9.17) is 16.3 Å². The number of aromatic nitrogens is 1. The molecule has 0 saturated heterocycles. The summed E-state index contributed by atoms with van der Waals surface area (Å²) in [6.07, 6.45) is 1.41. The van der Waals surface area contributed by atoms with Crippen LogP contribution in [0.15, 0.2) is 12.3 Å². The van der Waals surface area contributed by atoms with E-state index in [1.807, 2.05) is 0 Å². The highest BCUT2D eigenvalue weighted by Crippen LogP contribution is 2.19. The van der Waals surface area contributed by atoms with Crippen molar-refractivity contribution in [2.24, 2.45) is 0 Å². The summed E-state index contributed by atoms with van der Waals surface area (Å²) < 4.78 is 4.82. The molecule has 1 aromatic rings. The normalized spacial score (nSPS) is 9.58. The standard InChI is InChI=1S/C8H8ClNO2/c1-5(11)6-4-10-8(12-2)3-7(6)9/h3-4H,1-2H3. The van der Waals surface area contributed by atoms with E-state index in [9.17, 15) is 4.79 Å². The third-order valence-corrected chi connectivity index (χ3v) is 1.73. The van der Waals surface area contributed by atoms with Crippen LogP contribution in [0, 0.1) is 0 Å². The molecular formula is C8H8ClNO2. The fraction of sp³-hybridized carbons (Fsp3) is 0.250. The fourth-order valence-electron chi connectivity index (χ4n) is 0.784. The minimum atomic E-state index is -0.102. The molecule has 0 N–H and O–H groups in total. The highest BCUT2D eigenvalue weighted by molar-refractivity contribution is 6.33. The predicted molar refractivity (Wildman–Crippen MR) is 45.8 cm³/mol. The minimum absolute atomic E-state index is 0.102. The van der Waals surface area contributed by atoms with E-state index in [2.05, 4.69) is 4.98 Å². The van der Waals surface area contributed by atoms with Gasteiger partial charge in [0.25, 0.3) is 0 Å². The topological polar surface area (TPSA) is 39.2 Å². The third kappa shape index (κ3) is 1.74. The summed E-state index contributed by atoms with van der Waals surface area (Å²) in [5, 5.41) is 0.370. The van der Waals surface area contributed by atoms with Crippen molar-refractivity contribution in [3.05, 3.63) is 22.8 Å². The summed E-state index contributed by atoms with van der Waals surface area (Å²) in [6, 6.07) is 1.51. The maximum atomic E-state index is 10.9. The lowest BCUT2D eigenvalue weighted by atomic mass is 10.2. The van der Waals surface area contributed by atoms with Gasteiger partial charge in [0.1, 0.15) is 0 Å². The van der Waals surface area contributed by atoms with Gasteiger partial charge in [-0.25, -0.2) is 4.98 Å². The van der Waals surface area contributed by atoms with Crippen molar-refractivity contribution >= 4 is 17.4 Å². The quantitative estimate of drug-likeness (QED) is 0.661. The molecule has 0 saturated carbocycles. The molecule has 0 aromatic carbocycles. The third-order valence-electron chi connectivity index (χ3n) is 1.42. The molecule has 12 heavy (non-hydrogen) atoms. The second-order valence-corrected chi connectivity index (χ2v) is 2.67. The average molecular weight is 186 g/mol. The number of pyridine rings is 1. The van der Waals surface area contributed by atoms with Crippen LogP contribution >= 0.6 is 11.6 Å². The summed E-state index contributed by atoms with van der Waals surface area (Å²) in [7, 11) is 1.49. The van der Waals surface area contributed by atoms with E-state index in [1.165, 1.54) is 26.3 Å². The monoisotopic (exact) mass is 185 g/mol. The maximum absolute atomic E-state index is 10.9. The molecule has 3 nitrogen and oxygen atoms in total. The van der Waals surface area contributed by atoms with Crippen molar-refractivity contribution in [3.63, 3.8) is 0 Å². The summed E-state index contributed by atoms with van der Waals surface area (Å²) in [6.45, 7) is 1.44. The predicted octanol–water partition coefficient (Wildman–Crippen LogP) is 1.95. The lowest BCUT2D eigenvalue weighted by molar-refractivity contribution is 0.101. The SMILES string of the molecule is COc1cc(Cl)c(C(C)=O)cn1. The van der Waals surface area contributed by atoms with Gasteiger partial charge in [0, 0.05) is 12.3 Å². The molecule has 0 aliphatic heterocycles. The number of Topliss-reactive ketones (excluding diaryl/α,β-unsaturated/α-hetero) is 1. The first kappa shape index (κ1) is 9.00. The second-order valence-electron chi connectivity index (χ2n) is 2.26. The second kappa shape index (κ2) is 3.54. The summed E-state index contributed by atoms with van der Waals surface area (Å²) in [5.41, 5.74) is 0.414.